The van der Waals surface area contributed by atoms with Crippen LogP contribution in [-0.2, 0) is 6.42 Å². The molecule has 1 unspecified atom stereocenters. The number of halogens is 1. The summed E-state index contributed by atoms with van der Waals surface area (Å²) >= 11 is 1.44. The van der Waals surface area contributed by atoms with E-state index >= 15 is 0 Å². The van der Waals surface area contributed by atoms with Crippen LogP contribution in [0.4, 0.5) is 4.39 Å². The second-order valence-corrected chi connectivity index (χ2v) is 5.66. The minimum atomic E-state index is -0.176. The molecule has 0 spiro atoms. The number of nitrogens with two attached hydrogens (primary N) is 1. The van der Waals surface area contributed by atoms with Crippen molar-refractivity contribution >= 4 is 11.8 Å². The fourth-order valence-electron chi connectivity index (χ4n) is 1.80. The predicted octanol–water partition coefficient (Wildman–Crippen LogP) is 4.26. The van der Waals surface area contributed by atoms with Crippen molar-refractivity contribution < 1.29 is 4.39 Å². The van der Waals surface area contributed by atoms with E-state index in [1.807, 2.05) is 18.2 Å². The molecule has 100 valence electrons. The van der Waals surface area contributed by atoms with Crippen LogP contribution in [0.3, 0.4) is 0 Å². The molecule has 3 heteroatoms. The summed E-state index contributed by atoms with van der Waals surface area (Å²) in [5, 5.41) is 0. The van der Waals surface area contributed by atoms with Crippen LogP contribution in [0.5, 0.6) is 0 Å². The first-order valence-electron chi connectivity index (χ1n) is 6.46. The summed E-state index contributed by atoms with van der Waals surface area (Å²) in [6.45, 7) is 2.09. The molecule has 0 aliphatic carbocycles. The summed E-state index contributed by atoms with van der Waals surface area (Å²) in [4.78, 5) is 1.69. The van der Waals surface area contributed by atoms with Crippen LogP contribution in [0, 0.1) is 5.82 Å². The largest absolute Gasteiger partial charge is 0.327 e. The Kier molecular flexibility index (Phi) is 5.00. The topological polar surface area (TPSA) is 26.0 Å². The molecule has 2 aromatic carbocycles. The first kappa shape index (κ1) is 14.1. The number of benzene rings is 2. The van der Waals surface area contributed by atoms with E-state index in [9.17, 15) is 4.39 Å². The molecule has 0 saturated heterocycles. The van der Waals surface area contributed by atoms with E-state index in [0.717, 1.165) is 17.7 Å². The van der Waals surface area contributed by atoms with Gasteiger partial charge in [0.2, 0.25) is 0 Å². The highest BCUT2D eigenvalue weighted by atomic mass is 32.2. The molecule has 0 aliphatic heterocycles. The van der Waals surface area contributed by atoms with Gasteiger partial charge in [-0.2, -0.15) is 0 Å². The van der Waals surface area contributed by atoms with Crippen molar-refractivity contribution in [2.24, 2.45) is 5.73 Å². The Morgan fingerprint density at radius 3 is 2.42 bits per heavy atom. The van der Waals surface area contributed by atoms with Gasteiger partial charge in [0.05, 0.1) is 0 Å². The van der Waals surface area contributed by atoms with Gasteiger partial charge < -0.3 is 5.73 Å². The summed E-state index contributed by atoms with van der Waals surface area (Å²) < 4.78 is 13.5. The zero-order valence-electron chi connectivity index (χ0n) is 11.0. The molecular weight excluding hydrogens is 257 g/mol. The van der Waals surface area contributed by atoms with Gasteiger partial charge in [0, 0.05) is 15.8 Å². The van der Waals surface area contributed by atoms with E-state index in [-0.39, 0.29) is 11.9 Å². The number of hydrogen-bond acceptors (Lipinski definition) is 2. The third-order valence-corrected chi connectivity index (χ3v) is 4.07. The average Bonchev–Trinajstić information content (AvgIpc) is 2.43. The zero-order valence-corrected chi connectivity index (χ0v) is 11.8. The van der Waals surface area contributed by atoms with Crippen molar-refractivity contribution in [3.05, 3.63) is 59.9 Å². The van der Waals surface area contributed by atoms with Gasteiger partial charge in [-0.05, 0) is 42.7 Å². The third-order valence-electron chi connectivity index (χ3n) is 3.01. The summed E-state index contributed by atoms with van der Waals surface area (Å²) in [6, 6.07) is 15.2. The Morgan fingerprint density at radius 2 is 1.79 bits per heavy atom. The van der Waals surface area contributed by atoms with Gasteiger partial charge >= 0.3 is 0 Å². The molecule has 2 N–H and O–H groups in total. The molecular formula is C16H18FNS. The van der Waals surface area contributed by atoms with Crippen LogP contribution in [0.15, 0.2) is 58.3 Å². The van der Waals surface area contributed by atoms with Gasteiger partial charge in [-0.3, -0.25) is 0 Å². The van der Waals surface area contributed by atoms with Crippen LogP contribution in [-0.4, -0.2) is 6.04 Å². The lowest BCUT2D eigenvalue weighted by Gasteiger charge is -2.09. The molecule has 0 fully saturated rings. The summed E-state index contributed by atoms with van der Waals surface area (Å²) in [7, 11) is 0. The molecule has 2 rings (SSSR count). The Labute approximate surface area is 118 Å². The maximum absolute atomic E-state index is 13.5. The van der Waals surface area contributed by atoms with Crippen molar-refractivity contribution in [2.45, 2.75) is 35.6 Å². The highest BCUT2D eigenvalue weighted by molar-refractivity contribution is 7.99. The third kappa shape index (κ3) is 4.08. The lowest BCUT2D eigenvalue weighted by Crippen LogP contribution is -2.21. The van der Waals surface area contributed by atoms with Crippen molar-refractivity contribution in [1.82, 2.24) is 0 Å². The fourth-order valence-corrected chi connectivity index (χ4v) is 2.63. The van der Waals surface area contributed by atoms with E-state index < -0.39 is 0 Å². The van der Waals surface area contributed by atoms with E-state index in [4.69, 9.17) is 5.73 Å². The van der Waals surface area contributed by atoms with Gasteiger partial charge in [0.25, 0.3) is 0 Å². The molecule has 0 saturated carbocycles. The van der Waals surface area contributed by atoms with Gasteiger partial charge in [0.1, 0.15) is 5.82 Å². The predicted molar refractivity (Wildman–Crippen MR) is 78.9 cm³/mol. The highest BCUT2D eigenvalue weighted by Gasteiger charge is 2.04. The average molecular weight is 275 g/mol. The van der Waals surface area contributed by atoms with Crippen LogP contribution >= 0.6 is 11.8 Å². The minimum absolute atomic E-state index is 0.176. The van der Waals surface area contributed by atoms with Crippen LogP contribution < -0.4 is 5.73 Å². The smallest absolute Gasteiger partial charge is 0.137 e. The van der Waals surface area contributed by atoms with Crippen LogP contribution in [0.25, 0.3) is 0 Å². The Hall–Kier alpha value is -1.32. The molecule has 0 aliphatic rings. The van der Waals surface area contributed by atoms with Crippen molar-refractivity contribution in [1.29, 1.82) is 0 Å². The lowest BCUT2D eigenvalue weighted by atomic mass is 10.1. The second kappa shape index (κ2) is 6.73. The highest BCUT2D eigenvalue weighted by Crippen LogP contribution is 2.29. The molecule has 0 heterocycles. The van der Waals surface area contributed by atoms with Crippen LogP contribution in [0.1, 0.15) is 18.9 Å². The van der Waals surface area contributed by atoms with E-state index in [1.165, 1.54) is 23.4 Å². The second-order valence-electron chi connectivity index (χ2n) is 4.55. The van der Waals surface area contributed by atoms with Crippen molar-refractivity contribution in [2.75, 3.05) is 0 Å². The van der Waals surface area contributed by atoms with E-state index in [1.54, 1.807) is 12.1 Å². The lowest BCUT2D eigenvalue weighted by molar-refractivity contribution is 0.602. The van der Waals surface area contributed by atoms with Crippen molar-refractivity contribution in [3.63, 3.8) is 0 Å². The molecule has 2 aromatic rings. The molecule has 0 aromatic heterocycles. The Morgan fingerprint density at radius 1 is 1.11 bits per heavy atom. The first-order valence-corrected chi connectivity index (χ1v) is 7.27. The Bertz CT molecular complexity index is 525. The number of rotatable bonds is 5. The number of hydrogen-bond donors (Lipinski definition) is 1. The molecule has 0 radical (unpaired) electrons. The van der Waals surface area contributed by atoms with Crippen LogP contribution in [0.2, 0.25) is 0 Å². The van der Waals surface area contributed by atoms with Gasteiger partial charge in [-0.1, -0.05) is 43.0 Å². The maximum Gasteiger partial charge on any atom is 0.137 e. The monoisotopic (exact) mass is 275 g/mol. The summed E-state index contributed by atoms with van der Waals surface area (Å²) in [5.41, 5.74) is 7.16. The molecule has 1 nitrogen and oxygen atoms in total. The van der Waals surface area contributed by atoms with Crippen molar-refractivity contribution in [3.8, 4) is 0 Å². The molecule has 19 heavy (non-hydrogen) atoms. The standard InChI is InChI=1S/C16H18FNS/c1-2-13(18)11-12-7-9-14(10-8-12)19-16-6-4-3-5-15(16)17/h3-10,13H,2,11,18H2,1H3. The van der Waals surface area contributed by atoms with Gasteiger partial charge in [0.15, 0.2) is 0 Å². The molecule has 0 amide bonds. The maximum atomic E-state index is 13.5. The normalized spacial score (nSPS) is 12.4. The molecule has 0 bridgehead atoms. The van der Waals surface area contributed by atoms with E-state index in [0.29, 0.717) is 4.90 Å². The zero-order chi connectivity index (χ0) is 13.7. The van der Waals surface area contributed by atoms with Gasteiger partial charge in [-0.15, -0.1) is 0 Å². The Balaban J connectivity index is 2.05. The fraction of sp³-hybridized carbons (Fsp3) is 0.250. The van der Waals surface area contributed by atoms with E-state index in [2.05, 4.69) is 19.1 Å². The van der Waals surface area contributed by atoms with Gasteiger partial charge in [-0.25, -0.2) is 4.39 Å². The summed E-state index contributed by atoms with van der Waals surface area (Å²) in [5.74, 6) is -0.176. The SMILES string of the molecule is CCC(N)Cc1ccc(Sc2ccccc2F)cc1. The first-order chi connectivity index (χ1) is 9.19. The minimum Gasteiger partial charge on any atom is -0.327 e. The molecule has 1 atom stereocenters. The quantitative estimate of drug-likeness (QED) is 0.882. The summed E-state index contributed by atoms with van der Waals surface area (Å²) in [6.07, 6.45) is 1.87.